The van der Waals surface area contributed by atoms with Crippen molar-refractivity contribution in [3.63, 3.8) is 0 Å². The van der Waals surface area contributed by atoms with Crippen molar-refractivity contribution < 1.29 is 19.1 Å². The molecule has 2 aliphatic heterocycles. The second kappa shape index (κ2) is 8.17. The molecule has 0 spiro atoms. The standard InChI is InChI=1S/C20H24N2O4S/c1-5-15-18(23)22-17(13-8-10-14(11-9-13)25-6-2)16(19(24)26-7-3)12(4)21-20(22)27-15/h8-11,15,17H,5-7H2,1-4H3/t15-,17-/m1/s1. The quantitative estimate of drug-likeness (QED) is 0.695. The predicted molar refractivity (Wildman–Crippen MR) is 106 cm³/mol. The van der Waals surface area contributed by atoms with Gasteiger partial charge in [0, 0.05) is 0 Å². The van der Waals surface area contributed by atoms with E-state index in [9.17, 15) is 9.59 Å². The Balaban J connectivity index is 2.07. The van der Waals surface area contributed by atoms with Crippen LogP contribution in [0.1, 0.15) is 45.7 Å². The maximum Gasteiger partial charge on any atom is 0.338 e. The van der Waals surface area contributed by atoms with Gasteiger partial charge in [-0.15, -0.1) is 0 Å². The fourth-order valence-electron chi connectivity index (χ4n) is 3.29. The van der Waals surface area contributed by atoms with Crippen LogP contribution in [0, 0.1) is 0 Å². The number of fused-ring (bicyclic) bond motifs is 1. The predicted octanol–water partition coefficient (Wildman–Crippen LogP) is 3.69. The van der Waals surface area contributed by atoms with E-state index in [1.54, 1.807) is 18.7 Å². The molecule has 27 heavy (non-hydrogen) atoms. The summed E-state index contributed by atoms with van der Waals surface area (Å²) in [6.45, 7) is 8.30. The number of benzene rings is 1. The molecule has 2 aliphatic rings. The summed E-state index contributed by atoms with van der Waals surface area (Å²) in [4.78, 5) is 31.9. The van der Waals surface area contributed by atoms with Crippen molar-refractivity contribution in [1.29, 1.82) is 0 Å². The van der Waals surface area contributed by atoms with Crippen LogP contribution in [0.15, 0.2) is 40.5 Å². The van der Waals surface area contributed by atoms with Crippen molar-refractivity contribution in [1.82, 2.24) is 4.90 Å². The molecule has 0 aliphatic carbocycles. The molecule has 0 radical (unpaired) electrons. The summed E-state index contributed by atoms with van der Waals surface area (Å²) < 4.78 is 10.8. The highest BCUT2D eigenvalue weighted by Gasteiger charge is 2.47. The van der Waals surface area contributed by atoms with Gasteiger partial charge in [0.25, 0.3) is 0 Å². The Labute approximate surface area is 163 Å². The van der Waals surface area contributed by atoms with E-state index in [0.717, 1.165) is 11.3 Å². The number of nitrogens with zero attached hydrogens (tertiary/aromatic N) is 2. The average Bonchev–Trinajstić information content (AvgIpc) is 2.97. The molecule has 1 amide bonds. The third-order valence-electron chi connectivity index (χ3n) is 4.52. The average molecular weight is 388 g/mol. The minimum absolute atomic E-state index is 0.0190. The third kappa shape index (κ3) is 3.60. The monoisotopic (exact) mass is 388 g/mol. The van der Waals surface area contributed by atoms with E-state index in [1.807, 2.05) is 38.1 Å². The van der Waals surface area contributed by atoms with Crippen LogP contribution in [0.5, 0.6) is 5.75 Å². The van der Waals surface area contributed by atoms with E-state index >= 15 is 0 Å². The zero-order chi connectivity index (χ0) is 19.6. The number of hydrogen-bond donors (Lipinski definition) is 0. The highest BCUT2D eigenvalue weighted by molar-refractivity contribution is 8.15. The Morgan fingerprint density at radius 1 is 1.19 bits per heavy atom. The van der Waals surface area contributed by atoms with Gasteiger partial charge in [-0.25, -0.2) is 9.79 Å². The number of hydrogen-bond acceptors (Lipinski definition) is 6. The summed E-state index contributed by atoms with van der Waals surface area (Å²) in [5.41, 5.74) is 1.84. The number of ether oxygens (including phenoxy) is 2. The molecule has 1 aromatic carbocycles. The molecule has 6 nitrogen and oxygen atoms in total. The van der Waals surface area contributed by atoms with E-state index < -0.39 is 12.0 Å². The Kier molecular flexibility index (Phi) is 5.89. The van der Waals surface area contributed by atoms with Crippen molar-refractivity contribution >= 4 is 28.8 Å². The molecule has 144 valence electrons. The zero-order valence-corrected chi connectivity index (χ0v) is 16.8. The van der Waals surface area contributed by atoms with E-state index in [-0.39, 0.29) is 17.8 Å². The summed E-state index contributed by atoms with van der Waals surface area (Å²) >= 11 is 1.46. The summed E-state index contributed by atoms with van der Waals surface area (Å²) in [7, 11) is 0. The van der Waals surface area contributed by atoms with Crippen molar-refractivity contribution in [2.75, 3.05) is 13.2 Å². The minimum Gasteiger partial charge on any atom is -0.494 e. The Hall–Kier alpha value is -2.28. The molecule has 3 rings (SSSR count). The van der Waals surface area contributed by atoms with E-state index in [4.69, 9.17) is 9.47 Å². The van der Waals surface area contributed by atoms with Crippen LogP contribution in [0.2, 0.25) is 0 Å². The lowest BCUT2D eigenvalue weighted by Crippen LogP contribution is -2.40. The van der Waals surface area contributed by atoms with Gasteiger partial charge in [-0.3, -0.25) is 9.69 Å². The smallest absolute Gasteiger partial charge is 0.338 e. The number of amides is 1. The van der Waals surface area contributed by atoms with Crippen molar-refractivity contribution in [2.45, 2.75) is 45.4 Å². The molecule has 0 aromatic heterocycles. The highest BCUT2D eigenvalue weighted by Crippen LogP contribution is 2.44. The number of amidine groups is 1. The first-order valence-corrected chi connectivity index (χ1v) is 10.1. The van der Waals surface area contributed by atoms with Gasteiger partial charge in [0.2, 0.25) is 5.91 Å². The molecule has 2 atom stereocenters. The number of allylic oxidation sites excluding steroid dienone is 1. The fourth-order valence-corrected chi connectivity index (χ4v) is 4.42. The van der Waals surface area contributed by atoms with Crippen LogP contribution in [-0.2, 0) is 14.3 Å². The molecule has 2 heterocycles. The minimum atomic E-state index is -0.538. The molecular formula is C20H24N2O4S. The summed E-state index contributed by atoms with van der Waals surface area (Å²) in [6.07, 6.45) is 0.711. The van der Waals surface area contributed by atoms with Gasteiger partial charge in [0.1, 0.15) is 5.75 Å². The van der Waals surface area contributed by atoms with Crippen LogP contribution >= 0.6 is 11.8 Å². The van der Waals surface area contributed by atoms with Gasteiger partial charge in [0.05, 0.1) is 35.8 Å². The van der Waals surface area contributed by atoms with E-state index in [0.29, 0.717) is 29.5 Å². The SMILES string of the molecule is CCOC(=O)C1=C(C)N=C2S[C@H](CC)C(=O)N2[C@@H]1c1ccc(OCC)cc1. The van der Waals surface area contributed by atoms with Crippen LogP contribution in [-0.4, -0.2) is 40.4 Å². The number of aliphatic imine (C=N–C) groups is 1. The molecule has 0 saturated carbocycles. The molecule has 0 unspecified atom stereocenters. The van der Waals surface area contributed by atoms with Crippen molar-refractivity contribution in [3.8, 4) is 5.75 Å². The first-order chi connectivity index (χ1) is 13.0. The number of rotatable bonds is 6. The number of thioether (sulfide) groups is 1. The maximum atomic E-state index is 13.0. The first-order valence-electron chi connectivity index (χ1n) is 9.20. The summed E-state index contributed by atoms with van der Waals surface area (Å²) in [5.74, 6) is 0.293. The molecule has 1 aromatic rings. The van der Waals surface area contributed by atoms with Crippen molar-refractivity contribution in [2.24, 2.45) is 4.99 Å². The van der Waals surface area contributed by atoms with Crippen LogP contribution in [0.25, 0.3) is 0 Å². The van der Waals surface area contributed by atoms with Crippen LogP contribution < -0.4 is 4.74 Å². The Bertz CT molecular complexity index is 801. The lowest BCUT2D eigenvalue weighted by atomic mass is 9.94. The second-order valence-electron chi connectivity index (χ2n) is 6.24. The maximum absolute atomic E-state index is 13.0. The number of esters is 1. The Morgan fingerprint density at radius 3 is 2.48 bits per heavy atom. The summed E-state index contributed by atoms with van der Waals surface area (Å²) in [5, 5.41) is 0.472. The van der Waals surface area contributed by atoms with Gasteiger partial charge >= 0.3 is 5.97 Å². The number of carbonyl (C=O) groups is 2. The first kappa shape index (κ1) is 19.5. The van der Waals surface area contributed by atoms with Gasteiger partial charge in [-0.05, 0) is 44.9 Å². The van der Waals surface area contributed by atoms with E-state index in [1.165, 1.54) is 11.8 Å². The molecule has 7 heteroatoms. The van der Waals surface area contributed by atoms with E-state index in [2.05, 4.69) is 4.99 Å². The third-order valence-corrected chi connectivity index (χ3v) is 5.84. The van der Waals surface area contributed by atoms with Gasteiger partial charge in [0.15, 0.2) is 5.17 Å². The summed E-state index contributed by atoms with van der Waals surface area (Å²) in [6, 6.07) is 6.95. The van der Waals surface area contributed by atoms with Gasteiger partial charge < -0.3 is 9.47 Å². The largest absolute Gasteiger partial charge is 0.494 e. The highest BCUT2D eigenvalue weighted by atomic mass is 32.2. The molecule has 0 N–H and O–H groups in total. The van der Waals surface area contributed by atoms with Gasteiger partial charge in [-0.1, -0.05) is 30.8 Å². The number of carbonyl (C=O) groups excluding carboxylic acids is 2. The van der Waals surface area contributed by atoms with Gasteiger partial charge in [-0.2, -0.15) is 0 Å². The molecular weight excluding hydrogens is 364 g/mol. The molecule has 1 saturated heterocycles. The lowest BCUT2D eigenvalue weighted by molar-refractivity contribution is -0.139. The van der Waals surface area contributed by atoms with Crippen molar-refractivity contribution in [3.05, 3.63) is 41.1 Å². The zero-order valence-electron chi connectivity index (χ0n) is 16.0. The fraction of sp³-hybridized carbons (Fsp3) is 0.450. The normalized spacial score (nSPS) is 21.9. The molecule has 0 bridgehead atoms. The Morgan fingerprint density at radius 2 is 1.89 bits per heavy atom. The van der Waals surface area contributed by atoms with Crippen LogP contribution in [0.3, 0.4) is 0 Å². The lowest BCUT2D eigenvalue weighted by Gasteiger charge is -2.33. The molecule has 1 fully saturated rings. The van der Waals surface area contributed by atoms with Crippen LogP contribution in [0.4, 0.5) is 0 Å². The topological polar surface area (TPSA) is 68.2 Å². The second-order valence-corrected chi connectivity index (χ2v) is 7.41.